The van der Waals surface area contributed by atoms with Gasteiger partial charge in [-0.2, -0.15) is 4.98 Å². The molecule has 1 aromatic carbocycles. The first-order chi connectivity index (χ1) is 13.7. The minimum absolute atomic E-state index is 0.0415. The third kappa shape index (κ3) is 4.35. The van der Waals surface area contributed by atoms with Gasteiger partial charge in [-0.1, -0.05) is 17.7 Å². The maximum absolute atomic E-state index is 12.5. The lowest BCUT2D eigenvalue weighted by atomic mass is 10.1. The Morgan fingerprint density at radius 2 is 1.61 bits per heavy atom. The summed E-state index contributed by atoms with van der Waals surface area (Å²) in [6.07, 6.45) is 5.57. The van der Waals surface area contributed by atoms with E-state index in [2.05, 4.69) is 20.1 Å². The molecule has 7 nitrogen and oxygen atoms in total. The zero-order valence-electron chi connectivity index (χ0n) is 16.5. The molecular weight excluding hydrogens is 352 g/mol. The number of anilines is 3. The first kappa shape index (κ1) is 18.5. The fourth-order valence-electron chi connectivity index (χ4n) is 3.74. The zero-order chi connectivity index (χ0) is 19.3. The number of carbonyl (C=O) groups excluding carboxylic acids is 1. The molecule has 2 fully saturated rings. The smallest absolute Gasteiger partial charge is 0.321 e. The monoisotopic (exact) mass is 380 g/mol. The summed E-state index contributed by atoms with van der Waals surface area (Å²) >= 11 is 0. The molecule has 0 radical (unpaired) electrons. The molecule has 0 unspecified atom stereocenters. The molecule has 0 atom stereocenters. The van der Waals surface area contributed by atoms with Crippen molar-refractivity contribution in [3.8, 4) is 0 Å². The standard InChI is InChI=1S/C21H28N6O/c1-17-5-7-18(8-6-17)23-21(28)27-15-13-25(14-16-27)19-9-10-22-20(24-19)26-11-3-2-4-12-26/h5-10H,2-4,11-16H2,1H3,(H,23,28). The zero-order valence-corrected chi connectivity index (χ0v) is 16.5. The van der Waals surface area contributed by atoms with E-state index in [9.17, 15) is 4.79 Å². The Labute approximate surface area is 166 Å². The van der Waals surface area contributed by atoms with E-state index in [1.165, 1.54) is 24.8 Å². The van der Waals surface area contributed by atoms with E-state index in [0.29, 0.717) is 13.1 Å². The lowest BCUT2D eigenvalue weighted by Crippen LogP contribution is -2.50. The molecular formula is C21H28N6O. The van der Waals surface area contributed by atoms with Crippen molar-refractivity contribution in [3.05, 3.63) is 42.1 Å². The molecule has 1 N–H and O–H groups in total. The van der Waals surface area contributed by atoms with E-state index in [0.717, 1.165) is 43.6 Å². The Morgan fingerprint density at radius 1 is 0.893 bits per heavy atom. The molecule has 4 rings (SSSR count). The normalized spacial score (nSPS) is 17.5. The summed E-state index contributed by atoms with van der Waals surface area (Å²) in [4.78, 5) is 28.2. The third-order valence-electron chi connectivity index (χ3n) is 5.46. The van der Waals surface area contributed by atoms with Gasteiger partial charge in [-0.05, 0) is 44.4 Å². The Hall–Kier alpha value is -2.83. The number of aromatic nitrogens is 2. The lowest BCUT2D eigenvalue weighted by molar-refractivity contribution is 0.208. The van der Waals surface area contributed by atoms with Crippen molar-refractivity contribution in [2.24, 2.45) is 0 Å². The number of piperidine rings is 1. The Bertz CT molecular complexity index is 795. The van der Waals surface area contributed by atoms with Crippen LogP contribution < -0.4 is 15.1 Å². The van der Waals surface area contributed by atoms with Gasteiger partial charge in [0, 0.05) is 51.2 Å². The molecule has 1 aromatic heterocycles. The predicted octanol–water partition coefficient (Wildman–Crippen LogP) is 3.13. The van der Waals surface area contributed by atoms with Gasteiger partial charge in [-0.15, -0.1) is 0 Å². The van der Waals surface area contributed by atoms with Crippen molar-refractivity contribution in [2.45, 2.75) is 26.2 Å². The second kappa shape index (κ2) is 8.46. The number of hydrogen-bond donors (Lipinski definition) is 1. The SMILES string of the molecule is Cc1ccc(NC(=O)N2CCN(c3ccnc(N4CCCCC4)n3)CC2)cc1. The summed E-state index contributed by atoms with van der Waals surface area (Å²) in [7, 11) is 0. The van der Waals surface area contributed by atoms with Crippen LogP contribution in [0.4, 0.5) is 22.2 Å². The molecule has 148 valence electrons. The first-order valence-electron chi connectivity index (χ1n) is 10.1. The molecule has 0 saturated carbocycles. The van der Waals surface area contributed by atoms with Crippen molar-refractivity contribution in [1.82, 2.24) is 14.9 Å². The fourth-order valence-corrected chi connectivity index (χ4v) is 3.74. The molecule has 2 aliphatic rings. The Morgan fingerprint density at radius 3 is 2.32 bits per heavy atom. The van der Waals surface area contributed by atoms with Crippen LogP contribution in [0.2, 0.25) is 0 Å². The summed E-state index contributed by atoms with van der Waals surface area (Å²) in [5.74, 6) is 1.78. The predicted molar refractivity (Wildman–Crippen MR) is 112 cm³/mol. The molecule has 3 heterocycles. The average Bonchev–Trinajstić information content (AvgIpc) is 2.76. The minimum atomic E-state index is -0.0415. The number of piperazine rings is 1. The van der Waals surface area contributed by atoms with E-state index in [4.69, 9.17) is 4.98 Å². The molecule has 0 bridgehead atoms. The number of benzene rings is 1. The number of hydrogen-bond acceptors (Lipinski definition) is 5. The van der Waals surface area contributed by atoms with E-state index >= 15 is 0 Å². The van der Waals surface area contributed by atoms with Crippen LogP contribution in [-0.2, 0) is 0 Å². The number of urea groups is 1. The molecule has 0 aliphatic carbocycles. The van der Waals surface area contributed by atoms with Crippen molar-refractivity contribution in [3.63, 3.8) is 0 Å². The van der Waals surface area contributed by atoms with Crippen LogP contribution in [0.15, 0.2) is 36.5 Å². The highest BCUT2D eigenvalue weighted by molar-refractivity contribution is 5.89. The number of aryl methyl sites for hydroxylation is 1. The van der Waals surface area contributed by atoms with Gasteiger partial charge >= 0.3 is 6.03 Å². The summed E-state index contributed by atoms with van der Waals surface area (Å²) in [6.45, 7) is 7.03. The summed E-state index contributed by atoms with van der Waals surface area (Å²) in [5, 5.41) is 2.98. The number of amides is 2. The maximum atomic E-state index is 12.5. The van der Waals surface area contributed by atoms with Gasteiger partial charge in [0.2, 0.25) is 5.95 Å². The van der Waals surface area contributed by atoms with Crippen molar-refractivity contribution in [1.29, 1.82) is 0 Å². The van der Waals surface area contributed by atoms with Gasteiger partial charge < -0.3 is 20.0 Å². The Balaban J connectivity index is 1.33. The highest BCUT2D eigenvalue weighted by Gasteiger charge is 2.23. The van der Waals surface area contributed by atoms with Crippen molar-refractivity contribution < 1.29 is 4.79 Å². The third-order valence-corrected chi connectivity index (χ3v) is 5.46. The second-order valence-electron chi connectivity index (χ2n) is 7.53. The van der Waals surface area contributed by atoms with Crippen LogP contribution in [0.25, 0.3) is 0 Å². The van der Waals surface area contributed by atoms with Gasteiger partial charge in [0.05, 0.1) is 0 Å². The minimum Gasteiger partial charge on any atom is -0.353 e. The fraction of sp³-hybridized carbons (Fsp3) is 0.476. The van der Waals surface area contributed by atoms with Crippen LogP contribution in [0, 0.1) is 6.92 Å². The highest BCUT2D eigenvalue weighted by atomic mass is 16.2. The van der Waals surface area contributed by atoms with Gasteiger partial charge in [-0.3, -0.25) is 0 Å². The first-order valence-corrected chi connectivity index (χ1v) is 10.1. The van der Waals surface area contributed by atoms with Gasteiger partial charge in [0.1, 0.15) is 5.82 Å². The molecule has 2 saturated heterocycles. The number of nitrogens with zero attached hydrogens (tertiary/aromatic N) is 5. The number of rotatable bonds is 3. The van der Waals surface area contributed by atoms with E-state index < -0.39 is 0 Å². The molecule has 7 heteroatoms. The summed E-state index contributed by atoms with van der Waals surface area (Å²) < 4.78 is 0. The number of nitrogens with one attached hydrogen (secondary N) is 1. The topological polar surface area (TPSA) is 64.6 Å². The van der Waals surface area contributed by atoms with Gasteiger partial charge in [-0.25, -0.2) is 9.78 Å². The van der Waals surface area contributed by atoms with E-state index in [1.807, 2.05) is 48.4 Å². The molecule has 0 spiro atoms. The van der Waals surface area contributed by atoms with Crippen molar-refractivity contribution >= 4 is 23.5 Å². The van der Waals surface area contributed by atoms with Crippen LogP contribution in [0.3, 0.4) is 0 Å². The number of carbonyl (C=O) groups is 1. The van der Waals surface area contributed by atoms with Crippen LogP contribution in [0.5, 0.6) is 0 Å². The Kier molecular flexibility index (Phi) is 5.60. The van der Waals surface area contributed by atoms with Gasteiger partial charge in [0.15, 0.2) is 0 Å². The van der Waals surface area contributed by atoms with Crippen LogP contribution in [-0.4, -0.2) is 60.2 Å². The second-order valence-corrected chi connectivity index (χ2v) is 7.53. The highest BCUT2D eigenvalue weighted by Crippen LogP contribution is 2.20. The largest absolute Gasteiger partial charge is 0.353 e. The molecule has 2 aromatic rings. The molecule has 2 aliphatic heterocycles. The maximum Gasteiger partial charge on any atom is 0.321 e. The quantitative estimate of drug-likeness (QED) is 0.886. The van der Waals surface area contributed by atoms with Crippen LogP contribution >= 0.6 is 0 Å². The summed E-state index contributed by atoms with van der Waals surface area (Å²) in [6, 6.07) is 9.81. The lowest BCUT2D eigenvalue weighted by Gasteiger charge is -2.35. The summed E-state index contributed by atoms with van der Waals surface area (Å²) in [5.41, 5.74) is 2.01. The van der Waals surface area contributed by atoms with Gasteiger partial charge in [0.25, 0.3) is 0 Å². The van der Waals surface area contributed by atoms with E-state index in [-0.39, 0.29) is 6.03 Å². The van der Waals surface area contributed by atoms with Crippen molar-refractivity contribution in [2.75, 3.05) is 54.4 Å². The van der Waals surface area contributed by atoms with E-state index in [1.54, 1.807) is 0 Å². The average molecular weight is 380 g/mol. The van der Waals surface area contributed by atoms with Crippen LogP contribution in [0.1, 0.15) is 24.8 Å². The molecule has 2 amide bonds. The molecule has 28 heavy (non-hydrogen) atoms.